The summed E-state index contributed by atoms with van der Waals surface area (Å²) in [6, 6.07) is 6.94. The maximum absolute atomic E-state index is 11.9. The number of aromatic nitrogens is 3. The average molecular weight is 245 g/mol. The molecule has 0 aliphatic carbocycles. The van der Waals surface area contributed by atoms with E-state index in [1.807, 2.05) is 13.8 Å². The highest BCUT2D eigenvalue weighted by Crippen LogP contribution is 2.13. The number of hydrogen-bond donors (Lipinski definition) is 3. The molecule has 4 N–H and O–H groups in total. The van der Waals surface area contributed by atoms with Crippen LogP contribution >= 0.6 is 0 Å². The van der Waals surface area contributed by atoms with E-state index in [4.69, 9.17) is 5.73 Å². The molecule has 2 aromatic rings. The van der Waals surface area contributed by atoms with Gasteiger partial charge in [0.15, 0.2) is 0 Å². The highest BCUT2D eigenvalue weighted by Gasteiger charge is 2.14. The van der Waals surface area contributed by atoms with E-state index in [9.17, 15) is 4.79 Å². The number of nitrogens with two attached hydrogens (primary N) is 1. The van der Waals surface area contributed by atoms with E-state index in [1.54, 1.807) is 24.3 Å². The summed E-state index contributed by atoms with van der Waals surface area (Å²) in [6.07, 6.45) is 0. The fourth-order valence-corrected chi connectivity index (χ4v) is 1.44. The van der Waals surface area contributed by atoms with Crippen molar-refractivity contribution in [2.75, 3.05) is 11.1 Å². The number of hydrogen-bond acceptors (Lipinski definition) is 4. The molecular weight excluding hydrogens is 230 g/mol. The van der Waals surface area contributed by atoms with Gasteiger partial charge < -0.3 is 11.1 Å². The van der Waals surface area contributed by atoms with Crippen LogP contribution in [-0.4, -0.2) is 21.1 Å². The van der Waals surface area contributed by atoms with Crippen LogP contribution in [0.3, 0.4) is 0 Å². The quantitative estimate of drug-likeness (QED) is 0.718. The lowest BCUT2D eigenvalue weighted by molar-refractivity contribution is 0.101. The molecule has 18 heavy (non-hydrogen) atoms. The third-order valence-corrected chi connectivity index (χ3v) is 2.40. The van der Waals surface area contributed by atoms with Gasteiger partial charge in [-0.25, -0.2) is 4.98 Å². The minimum atomic E-state index is -0.358. The van der Waals surface area contributed by atoms with Crippen LogP contribution in [0.2, 0.25) is 0 Å². The first-order chi connectivity index (χ1) is 8.56. The molecule has 1 aromatic carbocycles. The SMILES string of the molecule is CC(C)c1nc(C(=O)Nc2cccc(N)c2)n[nH]1. The predicted molar refractivity (Wildman–Crippen MR) is 69.3 cm³/mol. The van der Waals surface area contributed by atoms with E-state index in [0.717, 1.165) is 0 Å². The lowest BCUT2D eigenvalue weighted by atomic mass is 10.2. The maximum atomic E-state index is 11.9. The molecule has 0 aliphatic heterocycles. The summed E-state index contributed by atoms with van der Waals surface area (Å²) in [7, 11) is 0. The Morgan fingerprint density at radius 3 is 2.83 bits per heavy atom. The summed E-state index contributed by atoms with van der Waals surface area (Å²) in [5.74, 6) is 0.656. The summed E-state index contributed by atoms with van der Waals surface area (Å²) in [6.45, 7) is 3.94. The van der Waals surface area contributed by atoms with Gasteiger partial charge in [-0.1, -0.05) is 19.9 Å². The zero-order valence-electron chi connectivity index (χ0n) is 10.3. The van der Waals surface area contributed by atoms with Crippen molar-refractivity contribution in [1.82, 2.24) is 15.2 Å². The first-order valence-corrected chi connectivity index (χ1v) is 5.65. The molecule has 2 rings (SSSR count). The van der Waals surface area contributed by atoms with Crippen LogP contribution in [0, 0.1) is 0 Å². The second-order valence-corrected chi connectivity index (χ2v) is 4.28. The van der Waals surface area contributed by atoms with Crippen LogP contribution in [0.25, 0.3) is 0 Å². The van der Waals surface area contributed by atoms with Gasteiger partial charge in [0, 0.05) is 17.3 Å². The van der Waals surface area contributed by atoms with Gasteiger partial charge in [-0.3, -0.25) is 9.89 Å². The molecule has 0 radical (unpaired) electrons. The second-order valence-electron chi connectivity index (χ2n) is 4.28. The summed E-state index contributed by atoms with van der Waals surface area (Å²) < 4.78 is 0. The number of rotatable bonds is 3. The zero-order valence-corrected chi connectivity index (χ0v) is 10.3. The van der Waals surface area contributed by atoms with Crippen molar-refractivity contribution in [3.63, 3.8) is 0 Å². The van der Waals surface area contributed by atoms with Gasteiger partial charge in [0.1, 0.15) is 5.82 Å². The van der Waals surface area contributed by atoms with E-state index < -0.39 is 0 Å². The van der Waals surface area contributed by atoms with Gasteiger partial charge in [0.05, 0.1) is 0 Å². The van der Waals surface area contributed by atoms with Crippen molar-refractivity contribution in [2.45, 2.75) is 19.8 Å². The smallest absolute Gasteiger partial charge is 0.295 e. The predicted octanol–water partition coefficient (Wildman–Crippen LogP) is 1.76. The van der Waals surface area contributed by atoms with E-state index in [-0.39, 0.29) is 17.6 Å². The summed E-state index contributed by atoms with van der Waals surface area (Å²) in [5.41, 5.74) is 6.84. The fraction of sp³-hybridized carbons (Fsp3) is 0.250. The Morgan fingerprint density at radius 2 is 2.22 bits per heavy atom. The molecule has 6 heteroatoms. The first kappa shape index (κ1) is 12.1. The molecule has 94 valence electrons. The van der Waals surface area contributed by atoms with Gasteiger partial charge in [-0.05, 0) is 18.2 Å². The zero-order chi connectivity index (χ0) is 13.1. The number of H-pyrrole nitrogens is 1. The van der Waals surface area contributed by atoms with Crippen LogP contribution < -0.4 is 11.1 Å². The number of carbonyl (C=O) groups excluding carboxylic acids is 1. The monoisotopic (exact) mass is 245 g/mol. The van der Waals surface area contributed by atoms with Gasteiger partial charge in [-0.2, -0.15) is 0 Å². The highest BCUT2D eigenvalue weighted by atomic mass is 16.2. The fourth-order valence-electron chi connectivity index (χ4n) is 1.44. The number of anilines is 2. The molecule has 0 spiro atoms. The van der Waals surface area contributed by atoms with E-state index in [0.29, 0.717) is 17.2 Å². The Morgan fingerprint density at radius 1 is 1.44 bits per heavy atom. The molecule has 1 amide bonds. The van der Waals surface area contributed by atoms with Crippen molar-refractivity contribution in [2.24, 2.45) is 0 Å². The molecule has 1 aromatic heterocycles. The van der Waals surface area contributed by atoms with Gasteiger partial charge in [-0.15, -0.1) is 5.10 Å². The third-order valence-electron chi connectivity index (χ3n) is 2.40. The molecule has 6 nitrogen and oxygen atoms in total. The van der Waals surface area contributed by atoms with Crippen molar-refractivity contribution in [3.8, 4) is 0 Å². The molecule has 0 saturated heterocycles. The van der Waals surface area contributed by atoms with Crippen LogP contribution in [0.15, 0.2) is 24.3 Å². The number of benzene rings is 1. The molecule has 0 unspecified atom stereocenters. The average Bonchev–Trinajstić information content (AvgIpc) is 2.78. The number of nitrogen functional groups attached to an aromatic ring is 1. The lowest BCUT2D eigenvalue weighted by Gasteiger charge is -2.02. The molecule has 0 fully saturated rings. The van der Waals surface area contributed by atoms with Crippen molar-refractivity contribution >= 4 is 17.3 Å². The van der Waals surface area contributed by atoms with Crippen molar-refractivity contribution in [1.29, 1.82) is 0 Å². The third kappa shape index (κ3) is 2.65. The van der Waals surface area contributed by atoms with Crippen LogP contribution in [0.4, 0.5) is 11.4 Å². The van der Waals surface area contributed by atoms with Crippen LogP contribution in [-0.2, 0) is 0 Å². The minimum absolute atomic E-state index is 0.126. The standard InChI is InChI=1S/C12H15N5O/c1-7(2)10-15-11(17-16-10)12(18)14-9-5-3-4-8(13)6-9/h3-7H,13H2,1-2H3,(H,14,18)(H,15,16,17). The Balaban J connectivity index is 2.12. The molecule has 0 aliphatic rings. The number of aromatic amines is 1. The van der Waals surface area contributed by atoms with Gasteiger partial charge >= 0.3 is 0 Å². The Labute approximate surface area is 105 Å². The van der Waals surface area contributed by atoms with Crippen LogP contribution in [0.1, 0.15) is 36.2 Å². The Bertz CT molecular complexity index is 561. The number of carbonyl (C=O) groups is 1. The van der Waals surface area contributed by atoms with Crippen LogP contribution in [0.5, 0.6) is 0 Å². The molecule has 1 heterocycles. The van der Waals surface area contributed by atoms with Gasteiger partial charge in [0.25, 0.3) is 5.91 Å². The number of nitrogens with zero attached hydrogens (tertiary/aromatic N) is 2. The summed E-state index contributed by atoms with van der Waals surface area (Å²) in [5, 5.41) is 9.30. The van der Waals surface area contributed by atoms with Crippen molar-refractivity contribution in [3.05, 3.63) is 35.9 Å². The van der Waals surface area contributed by atoms with E-state index in [1.165, 1.54) is 0 Å². The molecular formula is C12H15N5O. The topological polar surface area (TPSA) is 96.7 Å². The number of nitrogens with one attached hydrogen (secondary N) is 2. The Kier molecular flexibility index (Phi) is 3.27. The number of amides is 1. The summed E-state index contributed by atoms with van der Waals surface area (Å²) in [4.78, 5) is 16.0. The normalized spacial score (nSPS) is 10.6. The minimum Gasteiger partial charge on any atom is -0.399 e. The van der Waals surface area contributed by atoms with Crippen molar-refractivity contribution < 1.29 is 4.79 Å². The maximum Gasteiger partial charge on any atom is 0.295 e. The lowest BCUT2D eigenvalue weighted by Crippen LogP contribution is -2.14. The van der Waals surface area contributed by atoms with Gasteiger partial charge in [0.2, 0.25) is 5.82 Å². The Hall–Kier alpha value is -2.37. The molecule has 0 saturated carbocycles. The largest absolute Gasteiger partial charge is 0.399 e. The molecule has 0 bridgehead atoms. The van der Waals surface area contributed by atoms with E-state index in [2.05, 4.69) is 20.5 Å². The second kappa shape index (κ2) is 4.87. The molecule has 0 atom stereocenters. The highest BCUT2D eigenvalue weighted by molar-refractivity contribution is 6.01. The van der Waals surface area contributed by atoms with E-state index >= 15 is 0 Å². The summed E-state index contributed by atoms with van der Waals surface area (Å²) >= 11 is 0. The first-order valence-electron chi connectivity index (χ1n) is 5.65.